The van der Waals surface area contributed by atoms with E-state index in [0.717, 1.165) is 13.0 Å². The maximum atomic E-state index is 11.3. The summed E-state index contributed by atoms with van der Waals surface area (Å²) in [5, 5.41) is 2.89. The van der Waals surface area contributed by atoms with Gasteiger partial charge in [-0.2, -0.15) is 0 Å². The molecule has 1 atom stereocenters. The number of carbonyl (C=O) groups is 1. The number of benzene rings is 1. The SMILES string of the molecule is CN1CC(=O)NCCC1c1ccccc1. The van der Waals surface area contributed by atoms with Gasteiger partial charge in [0.2, 0.25) is 5.91 Å². The molecule has 3 heteroatoms. The van der Waals surface area contributed by atoms with Crippen LogP contribution < -0.4 is 5.32 Å². The number of hydrogen-bond donors (Lipinski definition) is 1. The molecule has 1 heterocycles. The smallest absolute Gasteiger partial charge is 0.234 e. The van der Waals surface area contributed by atoms with Gasteiger partial charge in [-0.25, -0.2) is 0 Å². The van der Waals surface area contributed by atoms with Crippen molar-refractivity contribution in [2.24, 2.45) is 0 Å². The third-order valence-electron chi connectivity index (χ3n) is 2.85. The predicted octanol–water partition coefficient (Wildman–Crippen LogP) is 1.18. The topological polar surface area (TPSA) is 32.3 Å². The number of carbonyl (C=O) groups excluding carboxylic acids is 1. The molecule has 1 aromatic rings. The Morgan fingerprint density at radius 2 is 2.07 bits per heavy atom. The van der Waals surface area contributed by atoms with Crippen molar-refractivity contribution in [1.82, 2.24) is 10.2 Å². The van der Waals surface area contributed by atoms with Crippen molar-refractivity contribution < 1.29 is 4.79 Å². The predicted molar refractivity (Wildman–Crippen MR) is 59.4 cm³/mol. The summed E-state index contributed by atoms with van der Waals surface area (Å²) in [6.07, 6.45) is 0.978. The van der Waals surface area contributed by atoms with Crippen LogP contribution in [0.2, 0.25) is 0 Å². The molecule has 1 N–H and O–H groups in total. The van der Waals surface area contributed by atoms with Crippen LogP contribution in [0.1, 0.15) is 18.0 Å². The summed E-state index contributed by atoms with van der Waals surface area (Å²) in [5.74, 6) is 0.121. The second-order valence-corrected chi connectivity index (χ2v) is 3.98. The summed E-state index contributed by atoms with van der Waals surface area (Å²) in [7, 11) is 2.00. The highest BCUT2D eigenvalue weighted by Crippen LogP contribution is 2.23. The Bertz CT molecular complexity index is 337. The van der Waals surface area contributed by atoms with E-state index in [1.165, 1.54) is 5.56 Å². The molecule has 1 aromatic carbocycles. The van der Waals surface area contributed by atoms with Gasteiger partial charge in [0.15, 0.2) is 0 Å². The fourth-order valence-electron chi connectivity index (χ4n) is 2.06. The van der Waals surface area contributed by atoms with Crippen LogP contribution in [0.5, 0.6) is 0 Å². The van der Waals surface area contributed by atoms with Gasteiger partial charge in [0.25, 0.3) is 0 Å². The Balaban J connectivity index is 2.17. The van der Waals surface area contributed by atoms with Crippen molar-refractivity contribution in [2.75, 3.05) is 20.1 Å². The van der Waals surface area contributed by atoms with Crippen LogP contribution in [-0.4, -0.2) is 30.9 Å². The third-order valence-corrected chi connectivity index (χ3v) is 2.85. The fourth-order valence-corrected chi connectivity index (χ4v) is 2.06. The average molecular weight is 204 g/mol. The first kappa shape index (κ1) is 10.2. The van der Waals surface area contributed by atoms with E-state index in [-0.39, 0.29) is 5.91 Å². The van der Waals surface area contributed by atoms with Gasteiger partial charge in [-0.05, 0) is 19.0 Å². The van der Waals surface area contributed by atoms with Crippen molar-refractivity contribution >= 4 is 5.91 Å². The molecular weight excluding hydrogens is 188 g/mol. The molecule has 1 unspecified atom stereocenters. The molecule has 0 radical (unpaired) electrons. The van der Waals surface area contributed by atoms with Crippen molar-refractivity contribution in [1.29, 1.82) is 0 Å². The van der Waals surface area contributed by atoms with Crippen molar-refractivity contribution in [3.8, 4) is 0 Å². The maximum Gasteiger partial charge on any atom is 0.234 e. The molecule has 1 aliphatic heterocycles. The van der Waals surface area contributed by atoms with Gasteiger partial charge in [-0.1, -0.05) is 30.3 Å². The van der Waals surface area contributed by atoms with Crippen molar-refractivity contribution in [2.45, 2.75) is 12.5 Å². The largest absolute Gasteiger partial charge is 0.355 e. The first-order valence-electron chi connectivity index (χ1n) is 5.29. The summed E-state index contributed by atoms with van der Waals surface area (Å²) in [4.78, 5) is 13.4. The van der Waals surface area contributed by atoms with E-state index in [1.807, 2.05) is 25.2 Å². The lowest BCUT2D eigenvalue weighted by molar-refractivity contribution is -0.121. The number of hydrogen-bond acceptors (Lipinski definition) is 2. The quantitative estimate of drug-likeness (QED) is 0.745. The van der Waals surface area contributed by atoms with Crippen LogP contribution in [-0.2, 0) is 4.79 Å². The van der Waals surface area contributed by atoms with Crippen molar-refractivity contribution in [3.05, 3.63) is 35.9 Å². The lowest BCUT2D eigenvalue weighted by Gasteiger charge is -2.24. The minimum absolute atomic E-state index is 0.121. The highest BCUT2D eigenvalue weighted by atomic mass is 16.2. The Morgan fingerprint density at radius 1 is 1.33 bits per heavy atom. The first-order valence-corrected chi connectivity index (χ1v) is 5.29. The summed E-state index contributed by atoms with van der Waals surface area (Å²) >= 11 is 0. The summed E-state index contributed by atoms with van der Waals surface area (Å²) in [6.45, 7) is 1.25. The average Bonchev–Trinajstić information content (AvgIpc) is 2.40. The Labute approximate surface area is 90.1 Å². The van der Waals surface area contributed by atoms with Crippen LogP contribution in [0, 0.1) is 0 Å². The van der Waals surface area contributed by atoms with Gasteiger partial charge in [-0.3, -0.25) is 9.69 Å². The minimum atomic E-state index is 0.121. The molecule has 0 bridgehead atoms. The first-order chi connectivity index (χ1) is 7.27. The number of rotatable bonds is 1. The highest BCUT2D eigenvalue weighted by molar-refractivity contribution is 5.78. The van der Waals surface area contributed by atoms with Crippen LogP contribution in [0.15, 0.2) is 30.3 Å². The normalized spacial score (nSPS) is 23.3. The summed E-state index contributed by atoms with van der Waals surface area (Å²) in [6, 6.07) is 10.7. The third kappa shape index (κ3) is 2.36. The van der Waals surface area contributed by atoms with E-state index >= 15 is 0 Å². The molecule has 15 heavy (non-hydrogen) atoms. The zero-order valence-electron chi connectivity index (χ0n) is 8.94. The molecule has 1 amide bonds. The molecule has 3 nitrogen and oxygen atoms in total. The van der Waals surface area contributed by atoms with Gasteiger partial charge in [-0.15, -0.1) is 0 Å². The summed E-state index contributed by atoms with van der Waals surface area (Å²) in [5.41, 5.74) is 1.29. The number of amides is 1. The molecule has 2 rings (SSSR count). The van der Waals surface area contributed by atoms with E-state index in [0.29, 0.717) is 12.6 Å². The number of nitrogens with one attached hydrogen (secondary N) is 1. The van der Waals surface area contributed by atoms with Crippen molar-refractivity contribution in [3.63, 3.8) is 0 Å². The lowest BCUT2D eigenvalue weighted by Crippen LogP contribution is -2.31. The summed E-state index contributed by atoms with van der Waals surface area (Å²) < 4.78 is 0. The molecule has 0 aliphatic carbocycles. The van der Waals surface area contributed by atoms with Gasteiger partial charge in [0.1, 0.15) is 0 Å². The second-order valence-electron chi connectivity index (χ2n) is 3.98. The monoisotopic (exact) mass is 204 g/mol. The molecule has 1 aliphatic rings. The van der Waals surface area contributed by atoms with Crippen LogP contribution >= 0.6 is 0 Å². The zero-order valence-corrected chi connectivity index (χ0v) is 8.94. The Hall–Kier alpha value is -1.35. The number of likely N-dealkylation sites (N-methyl/N-ethyl adjacent to an activating group) is 1. The van der Waals surface area contributed by atoms with Crippen LogP contribution in [0.4, 0.5) is 0 Å². The van der Waals surface area contributed by atoms with E-state index < -0.39 is 0 Å². The maximum absolute atomic E-state index is 11.3. The molecule has 0 saturated carbocycles. The van der Waals surface area contributed by atoms with Gasteiger partial charge in [0, 0.05) is 12.6 Å². The Morgan fingerprint density at radius 3 is 2.80 bits per heavy atom. The van der Waals surface area contributed by atoms with Gasteiger partial charge >= 0.3 is 0 Å². The Kier molecular flexibility index (Phi) is 3.02. The molecule has 0 spiro atoms. The van der Waals surface area contributed by atoms with Gasteiger partial charge in [0.05, 0.1) is 6.54 Å². The second kappa shape index (κ2) is 4.45. The molecule has 1 saturated heterocycles. The molecule has 80 valence electrons. The van der Waals surface area contributed by atoms with Gasteiger partial charge < -0.3 is 5.32 Å². The lowest BCUT2D eigenvalue weighted by atomic mass is 10.0. The van der Waals surface area contributed by atoms with E-state index in [1.54, 1.807) is 0 Å². The van der Waals surface area contributed by atoms with E-state index in [2.05, 4.69) is 22.3 Å². The molecular formula is C12H16N2O. The fraction of sp³-hybridized carbons (Fsp3) is 0.417. The van der Waals surface area contributed by atoms with E-state index in [9.17, 15) is 4.79 Å². The van der Waals surface area contributed by atoms with E-state index in [4.69, 9.17) is 0 Å². The van der Waals surface area contributed by atoms with Crippen LogP contribution in [0.3, 0.4) is 0 Å². The molecule has 1 fully saturated rings. The zero-order chi connectivity index (χ0) is 10.7. The minimum Gasteiger partial charge on any atom is -0.355 e. The highest BCUT2D eigenvalue weighted by Gasteiger charge is 2.21. The standard InChI is InChI=1S/C12H16N2O/c1-14-9-12(15)13-8-7-11(14)10-5-3-2-4-6-10/h2-6,11H,7-9H2,1H3,(H,13,15). The van der Waals surface area contributed by atoms with Crippen LogP contribution in [0.25, 0.3) is 0 Å². The molecule has 0 aromatic heterocycles. The number of nitrogens with zero attached hydrogens (tertiary/aromatic N) is 1.